The molecule has 4 aromatic rings. The molecule has 0 bridgehead atoms. The van der Waals surface area contributed by atoms with Crippen molar-refractivity contribution in [1.29, 1.82) is 0 Å². The summed E-state index contributed by atoms with van der Waals surface area (Å²) in [5.74, 6) is -0.0198. The van der Waals surface area contributed by atoms with Gasteiger partial charge in [0.15, 0.2) is 0 Å². The molecule has 0 unspecified atom stereocenters. The van der Waals surface area contributed by atoms with E-state index in [-0.39, 0.29) is 11.8 Å². The second kappa shape index (κ2) is 7.85. The highest BCUT2D eigenvalue weighted by molar-refractivity contribution is 6.11. The van der Waals surface area contributed by atoms with Gasteiger partial charge in [-0.3, -0.25) is 15.0 Å². The molecule has 144 valence electrons. The van der Waals surface area contributed by atoms with Gasteiger partial charge in [-0.25, -0.2) is 9.66 Å². The number of hydrogen-bond donors (Lipinski definition) is 2. The Hall–Kier alpha value is -4.13. The van der Waals surface area contributed by atoms with Crippen LogP contribution >= 0.6 is 0 Å². The summed E-state index contributed by atoms with van der Waals surface area (Å²) >= 11 is 0. The zero-order chi connectivity index (χ0) is 20.2. The fourth-order valence-corrected chi connectivity index (χ4v) is 2.94. The summed E-state index contributed by atoms with van der Waals surface area (Å²) in [5.41, 5.74) is 5.56. The molecule has 0 spiro atoms. The van der Waals surface area contributed by atoms with Crippen LogP contribution in [-0.4, -0.2) is 28.6 Å². The van der Waals surface area contributed by atoms with Crippen molar-refractivity contribution in [3.8, 4) is 5.75 Å². The minimum atomic E-state index is -0.362. The second-order valence-electron chi connectivity index (χ2n) is 6.27. The average molecular weight is 386 g/mol. The highest BCUT2D eigenvalue weighted by Crippen LogP contribution is 2.19. The number of carbonyl (C=O) groups excluding carboxylic acids is 2. The summed E-state index contributed by atoms with van der Waals surface area (Å²) in [5, 5.41) is 2.80. The van der Waals surface area contributed by atoms with Crippen LogP contribution < -0.4 is 15.5 Å². The molecule has 4 rings (SSSR count). The Kier molecular flexibility index (Phi) is 4.94. The molecule has 3 aromatic carbocycles. The molecule has 7 heteroatoms. The number of nitrogens with one attached hydrogen (secondary N) is 2. The molecule has 0 atom stereocenters. The van der Waals surface area contributed by atoms with Gasteiger partial charge >= 0.3 is 0 Å². The lowest BCUT2D eigenvalue weighted by molar-refractivity contribution is 0.101. The third-order valence-corrected chi connectivity index (χ3v) is 4.45. The van der Waals surface area contributed by atoms with Crippen LogP contribution in [0.15, 0.2) is 79.1 Å². The van der Waals surface area contributed by atoms with Gasteiger partial charge in [0.1, 0.15) is 12.1 Å². The highest BCUT2D eigenvalue weighted by Gasteiger charge is 2.15. The summed E-state index contributed by atoms with van der Waals surface area (Å²) in [4.78, 5) is 29.7. The van der Waals surface area contributed by atoms with Gasteiger partial charge in [0.2, 0.25) is 0 Å². The molecule has 29 heavy (non-hydrogen) atoms. The molecule has 0 aliphatic carbocycles. The van der Waals surface area contributed by atoms with E-state index in [1.165, 1.54) is 0 Å². The fraction of sp³-hybridized carbons (Fsp3) is 0.0455. The van der Waals surface area contributed by atoms with Gasteiger partial charge in [-0.2, -0.15) is 0 Å². The number of ether oxygens (including phenoxy) is 1. The molecular formula is C22H18N4O3. The highest BCUT2D eigenvalue weighted by atomic mass is 16.5. The maximum atomic E-state index is 12.9. The lowest BCUT2D eigenvalue weighted by Gasteiger charge is -2.12. The Morgan fingerprint density at radius 1 is 0.897 bits per heavy atom. The predicted molar refractivity (Wildman–Crippen MR) is 111 cm³/mol. The number of para-hydroxylation sites is 3. The van der Waals surface area contributed by atoms with E-state index >= 15 is 0 Å². The molecule has 7 nitrogen and oxygen atoms in total. The van der Waals surface area contributed by atoms with Crippen molar-refractivity contribution >= 4 is 28.5 Å². The number of anilines is 1. The third-order valence-electron chi connectivity index (χ3n) is 4.45. The van der Waals surface area contributed by atoms with Crippen LogP contribution in [0.4, 0.5) is 5.69 Å². The van der Waals surface area contributed by atoms with Crippen LogP contribution in [0.1, 0.15) is 20.7 Å². The van der Waals surface area contributed by atoms with E-state index < -0.39 is 0 Å². The Morgan fingerprint density at radius 3 is 2.41 bits per heavy atom. The predicted octanol–water partition coefficient (Wildman–Crippen LogP) is 3.68. The molecule has 0 fully saturated rings. The number of methoxy groups -OCH3 is 1. The number of rotatable bonds is 5. The third kappa shape index (κ3) is 3.79. The molecule has 0 saturated heterocycles. The number of benzene rings is 3. The number of fused-ring (bicyclic) bond motifs is 1. The monoisotopic (exact) mass is 386 g/mol. The van der Waals surface area contributed by atoms with E-state index in [9.17, 15) is 9.59 Å². The van der Waals surface area contributed by atoms with Crippen molar-refractivity contribution in [1.82, 2.24) is 9.66 Å². The van der Waals surface area contributed by atoms with Gasteiger partial charge in [0.25, 0.3) is 11.8 Å². The maximum Gasteiger partial charge on any atom is 0.272 e. The zero-order valence-electron chi connectivity index (χ0n) is 15.6. The van der Waals surface area contributed by atoms with Gasteiger partial charge in [0, 0.05) is 5.56 Å². The lowest BCUT2D eigenvalue weighted by Crippen LogP contribution is -2.24. The number of amides is 2. The van der Waals surface area contributed by atoms with Crippen molar-refractivity contribution in [3.63, 3.8) is 0 Å². The fourth-order valence-electron chi connectivity index (χ4n) is 2.94. The molecule has 0 aliphatic rings. The van der Waals surface area contributed by atoms with Crippen LogP contribution in [0.3, 0.4) is 0 Å². The minimum absolute atomic E-state index is 0.319. The first-order chi connectivity index (χ1) is 14.2. The molecule has 0 saturated carbocycles. The normalized spacial score (nSPS) is 10.5. The first-order valence-corrected chi connectivity index (χ1v) is 8.93. The Labute approximate surface area is 166 Å². The van der Waals surface area contributed by atoms with E-state index in [0.29, 0.717) is 22.6 Å². The number of aromatic nitrogens is 2. The molecule has 0 aliphatic heterocycles. The zero-order valence-corrected chi connectivity index (χ0v) is 15.6. The number of imidazole rings is 1. The SMILES string of the molecule is COc1ccc(C(=O)Nc2ccccc2C(=O)Nn2cnc3ccccc32)cc1. The molecular weight excluding hydrogens is 368 g/mol. The standard InChI is InChI=1S/C22H18N4O3/c1-29-16-12-10-15(11-13-16)21(27)24-18-7-3-2-6-17(18)22(28)25-26-14-23-19-8-4-5-9-20(19)26/h2-14H,1H3,(H,24,27)(H,25,28). The van der Waals surface area contributed by atoms with Crippen LogP contribution in [-0.2, 0) is 0 Å². The van der Waals surface area contributed by atoms with Crippen LogP contribution in [0.5, 0.6) is 5.75 Å². The number of carbonyl (C=O) groups is 2. The van der Waals surface area contributed by atoms with E-state index in [2.05, 4.69) is 15.7 Å². The first-order valence-electron chi connectivity index (χ1n) is 8.93. The van der Waals surface area contributed by atoms with Crippen molar-refractivity contribution in [2.24, 2.45) is 0 Å². The largest absolute Gasteiger partial charge is 0.497 e. The Balaban J connectivity index is 1.55. The van der Waals surface area contributed by atoms with Gasteiger partial charge in [-0.1, -0.05) is 24.3 Å². The Bertz CT molecular complexity index is 1180. The topological polar surface area (TPSA) is 85.2 Å². The summed E-state index contributed by atoms with van der Waals surface area (Å²) in [6.45, 7) is 0. The molecule has 2 amide bonds. The first kappa shape index (κ1) is 18.2. The molecule has 1 heterocycles. The van der Waals surface area contributed by atoms with Crippen molar-refractivity contribution < 1.29 is 14.3 Å². The summed E-state index contributed by atoms with van der Waals surface area (Å²) in [7, 11) is 1.56. The molecule has 0 radical (unpaired) electrons. The van der Waals surface area contributed by atoms with Gasteiger partial charge in [-0.05, 0) is 48.5 Å². The van der Waals surface area contributed by atoms with Gasteiger partial charge in [-0.15, -0.1) is 0 Å². The van der Waals surface area contributed by atoms with Crippen molar-refractivity contribution in [3.05, 3.63) is 90.3 Å². The van der Waals surface area contributed by atoms with E-state index in [1.54, 1.807) is 66.6 Å². The molecule has 2 N–H and O–H groups in total. The smallest absolute Gasteiger partial charge is 0.272 e. The average Bonchev–Trinajstić information content (AvgIpc) is 3.17. The molecule has 1 aromatic heterocycles. The summed E-state index contributed by atoms with van der Waals surface area (Å²) < 4.78 is 6.66. The number of nitrogens with zero attached hydrogens (tertiary/aromatic N) is 2. The van der Waals surface area contributed by atoms with E-state index in [0.717, 1.165) is 11.0 Å². The van der Waals surface area contributed by atoms with Crippen LogP contribution in [0, 0.1) is 0 Å². The lowest BCUT2D eigenvalue weighted by atomic mass is 10.1. The van der Waals surface area contributed by atoms with E-state index in [1.807, 2.05) is 24.3 Å². The van der Waals surface area contributed by atoms with E-state index in [4.69, 9.17) is 4.74 Å². The van der Waals surface area contributed by atoms with Crippen molar-refractivity contribution in [2.45, 2.75) is 0 Å². The number of hydrogen-bond acceptors (Lipinski definition) is 4. The summed E-state index contributed by atoms with van der Waals surface area (Å²) in [6.07, 6.45) is 1.54. The Morgan fingerprint density at radius 2 is 1.62 bits per heavy atom. The van der Waals surface area contributed by atoms with Gasteiger partial charge < -0.3 is 10.1 Å². The van der Waals surface area contributed by atoms with Crippen LogP contribution in [0.2, 0.25) is 0 Å². The van der Waals surface area contributed by atoms with Gasteiger partial charge in [0.05, 0.1) is 29.4 Å². The van der Waals surface area contributed by atoms with Crippen molar-refractivity contribution in [2.75, 3.05) is 17.9 Å². The summed E-state index contributed by atoms with van der Waals surface area (Å²) in [6, 6.07) is 21.0. The van der Waals surface area contributed by atoms with Crippen LogP contribution in [0.25, 0.3) is 11.0 Å². The second-order valence-corrected chi connectivity index (χ2v) is 6.27. The quantitative estimate of drug-likeness (QED) is 0.548. The minimum Gasteiger partial charge on any atom is -0.497 e. The maximum absolute atomic E-state index is 12.9.